The number of aldehydes is 1. The van der Waals surface area contributed by atoms with Crippen molar-refractivity contribution in [3.63, 3.8) is 0 Å². The summed E-state index contributed by atoms with van der Waals surface area (Å²) >= 11 is 6.06. The first-order valence-electron chi connectivity index (χ1n) is 6.36. The van der Waals surface area contributed by atoms with Crippen molar-refractivity contribution in [2.75, 3.05) is 24.6 Å². The number of hydrogen-bond acceptors (Lipinski definition) is 3. The summed E-state index contributed by atoms with van der Waals surface area (Å²) in [5, 5.41) is 0.515. The normalized spacial score (nSPS) is 19.9. The Hall–Kier alpha value is -1.06. The van der Waals surface area contributed by atoms with Gasteiger partial charge in [-0.2, -0.15) is 0 Å². The van der Waals surface area contributed by atoms with Crippen LogP contribution in [0.5, 0.6) is 0 Å². The molecule has 0 N–H and O–H groups in total. The van der Waals surface area contributed by atoms with Crippen molar-refractivity contribution < 1.29 is 9.53 Å². The molecule has 0 bridgehead atoms. The fraction of sp³-hybridized carbons (Fsp3) is 0.500. The third-order valence-corrected chi connectivity index (χ3v) is 3.58. The minimum atomic E-state index is 0.299. The molecule has 1 fully saturated rings. The Balaban J connectivity index is 2.10. The molecular weight excluding hydrogens is 250 g/mol. The molecule has 1 aliphatic rings. The molecule has 3 nitrogen and oxygen atoms in total. The van der Waals surface area contributed by atoms with Gasteiger partial charge in [0, 0.05) is 30.9 Å². The van der Waals surface area contributed by atoms with Crippen LogP contribution in [0.1, 0.15) is 30.1 Å². The zero-order chi connectivity index (χ0) is 13.0. The molecule has 18 heavy (non-hydrogen) atoms. The average Bonchev–Trinajstić information content (AvgIpc) is 2.39. The van der Waals surface area contributed by atoms with E-state index in [-0.39, 0.29) is 0 Å². The summed E-state index contributed by atoms with van der Waals surface area (Å²) in [6.45, 7) is 4.68. The molecule has 0 aromatic heterocycles. The lowest BCUT2D eigenvalue weighted by Crippen LogP contribution is -2.39. The van der Waals surface area contributed by atoms with Gasteiger partial charge in [0.15, 0.2) is 6.29 Å². The number of carbonyl (C=O) groups is 1. The fourth-order valence-electron chi connectivity index (χ4n) is 2.35. The first kappa shape index (κ1) is 13.4. The smallest absolute Gasteiger partial charge is 0.151 e. The fourth-order valence-corrected chi connectivity index (χ4v) is 2.57. The van der Waals surface area contributed by atoms with Crippen LogP contribution >= 0.6 is 11.6 Å². The lowest BCUT2D eigenvalue weighted by atomic mass is 10.1. The van der Waals surface area contributed by atoms with Crippen molar-refractivity contribution in [3.8, 4) is 0 Å². The lowest BCUT2D eigenvalue weighted by Gasteiger charge is -2.34. The van der Waals surface area contributed by atoms with Gasteiger partial charge in [-0.3, -0.25) is 4.79 Å². The van der Waals surface area contributed by atoms with Gasteiger partial charge in [-0.15, -0.1) is 0 Å². The quantitative estimate of drug-likeness (QED) is 0.785. The zero-order valence-electron chi connectivity index (χ0n) is 10.6. The monoisotopic (exact) mass is 267 g/mol. The maximum absolute atomic E-state index is 10.7. The Bertz CT molecular complexity index is 420. The molecule has 0 amide bonds. The molecule has 0 spiro atoms. The first-order valence-corrected chi connectivity index (χ1v) is 6.73. The number of benzene rings is 1. The van der Waals surface area contributed by atoms with E-state index in [1.165, 1.54) is 0 Å². The number of piperidine rings is 1. The number of carbonyl (C=O) groups excluding carboxylic acids is 1. The Morgan fingerprint density at radius 1 is 1.56 bits per heavy atom. The molecule has 1 saturated heterocycles. The summed E-state index contributed by atoms with van der Waals surface area (Å²) < 4.78 is 5.68. The van der Waals surface area contributed by atoms with Gasteiger partial charge in [0.05, 0.1) is 11.1 Å². The van der Waals surface area contributed by atoms with Crippen LogP contribution in [0, 0.1) is 0 Å². The number of halogens is 1. The second-order valence-corrected chi connectivity index (χ2v) is 4.90. The molecule has 0 aliphatic carbocycles. The van der Waals surface area contributed by atoms with Crippen molar-refractivity contribution in [1.29, 1.82) is 0 Å². The van der Waals surface area contributed by atoms with Gasteiger partial charge in [-0.25, -0.2) is 0 Å². The molecule has 1 aliphatic heterocycles. The second kappa shape index (κ2) is 6.21. The number of rotatable bonds is 4. The highest BCUT2D eigenvalue weighted by atomic mass is 35.5. The Kier molecular flexibility index (Phi) is 4.61. The Morgan fingerprint density at radius 2 is 2.39 bits per heavy atom. The molecule has 1 unspecified atom stereocenters. The summed E-state index contributed by atoms with van der Waals surface area (Å²) in [5.74, 6) is 0. The number of hydrogen-bond donors (Lipinski definition) is 0. The van der Waals surface area contributed by atoms with Crippen LogP contribution < -0.4 is 4.90 Å². The van der Waals surface area contributed by atoms with Crippen molar-refractivity contribution in [1.82, 2.24) is 0 Å². The zero-order valence-corrected chi connectivity index (χ0v) is 11.3. The van der Waals surface area contributed by atoms with Crippen LogP contribution in [0.4, 0.5) is 5.69 Å². The van der Waals surface area contributed by atoms with Crippen molar-refractivity contribution in [3.05, 3.63) is 28.8 Å². The van der Waals surface area contributed by atoms with E-state index in [4.69, 9.17) is 16.3 Å². The Morgan fingerprint density at radius 3 is 3.06 bits per heavy atom. The van der Waals surface area contributed by atoms with Crippen molar-refractivity contribution in [2.24, 2.45) is 0 Å². The van der Waals surface area contributed by atoms with Crippen LogP contribution in [0.25, 0.3) is 0 Å². The molecule has 0 radical (unpaired) electrons. The largest absolute Gasteiger partial charge is 0.377 e. The van der Waals surface area contributed by atoms with Gasteiger partial charge in [0.2, 0.25) is 0 Å². The van der Waals surface area contributed by atoms with Crippen LogP contribution in [0.15, 0.2) is 18.2 Å². The van der Waals surface area contributed by atoms with Crippen LogP contribution in [-0.2, 0) is 4.74 Å². The lowest BCUT2D eigenvalue weighted by molar-refractivity contribution is 0.0526. The summed E-state index contributed by atoms with van der Waals surface area (Å²) in [5.41, 5.74) is 1.61. The van der Waals surface area contributed by atoms with E-state index in [1.807, 2.05) is 19.1 Å². The van der Waals surface area contributed by atoms with E-state index >= 15 is 0 Å². The maximum Gasteiger partial charge on any atom is 0.151 e. The summed E-state index contributed by atoms with van der Waals surface area (Å²) in [6.07, 6.45) is 3.32. The van der Waals surface area contributed by atoms with E-state index in [0.29, 0.717) is 16.7 Å². The average molecular weight is 268 g/mol. The molecule has 1 atom stereocenters. The minimum Gasteiger partial charge on any atom is -0.377 e. The van der Waals surface area contributed by atoms with E-state index < -0.39 is 0 Å². The molecule has 1 aromatic rings. The topological polar surface area (TPSA) is 29.5 Å². The molecule has 98 valence electrons. The van der Waals surface area contributed by atoms with E-state index in [0.717, 1.165) is 44.5 Å². The third-order valence-electron chi connectivity index (χ3n) is 3.26. The Labute approximate surface area is 113 Å². The predicted molar refractivity (Wildman–Crippen MR) is 73.7 cm³/mol. The van der Waals surface area contributed by atoms with Crippen molar-refractivity contribution >= 4 is 23.6 Å². The summed E-state index contributed by atoms with van der Waals surface area (Å²) in [6, 6.07) is 5.58. The van der Waals surface area contributed by atoms with Gasteiger partial charge in [-0.1, -0.05) is 11.6 Å². The number of nitrogens with zero attached hydrogens (tertiary/aromatic N) is 1. The minimum absolute atomic E-state index is 0.299. The molecule has 1 aromatic carbocycles. The van der Waals surface area contributed by atoms with Crippen molar-refractivity contribution in [2.45, 2.75) is 25.9 Å². The molecule has 2 rings (SSSR count). The second-order valence-electron chi connectivity index (χ2n) is 4.49. The third kappa shape index (κ3) is 3.03. The van der Waals surface area contributed by atoms with Gasteiger partial charge >= 0.3 is 0 Å². The highest BCUT2D eigenvalue weighted by molar-refractivity contribution is 6.33. The molecular formula is C14H18ClNO2. The van der Waals surface area contributed by atoms with E-state index in [2.05, 4.69) is 4.90 Å². The van der Waals surface area contributed by atoms with Crippen LogP contribution in [-0.4, -0.2) is 32.1 Å². The van der Waals surface area contributed by atoms with Gasteiger partial charge in [0.25, 0.3) is 0 Å². The van der Waals surface area contributed by atoms with Crippen LogP contribution in [0.2, 0.25) is 5.02 Å². The predicted octanol–water partition coefficient (Wildman–Crippen LogP) is 3.16. The maximum atomic E-state index is 10.7. The standard InChI is InChI=1S/C14H18ClNO2/c1-2-18-13-4-3-7-16(9-13)12-6-5-11(10-17)14(15)8-12/h5-6,8,10,13H,2-4,7,9H2,1H3. The highest BCUT2D eigenvalue weighted by Gasteiger charge is 2.20. The summed E-state index contributed by atoms with van der Waals surface area (Å²) in [4.78, 5) is 13.0. The first-order chi connectivity index (χ1) is 8.74. The molecule has 4 heteroatoms. The van der Waals surface area contributed by atoms with Crippen LogP contribution in [0.3, 0.4) is 0 Å². The van der Waals surface area contributed by atoms with E-state index in [9.17, 15) is 4.79 Å². The van der Waals surface area contributed by atoms with Gasteiger partial charge in [-0.05, 0) is 38.0 Å². The molecule has 1 heterocycles. The number of anilines is 1. The van der Waals surface area contributed by atoms with E-state index in [1.54, 1.807) is 6.07 Å². The summed E-state index contributed by atoms with van der Waals surface area (Å²) in [7, 11) is 0. The van der Waals surface area contributed by atoms with Gasteiger partial charge in [0.1, 0.15) is 0 Å². The van der Waals surface area contributed by atoms with Gasteiger partial charge < -0.3 is 9.64 Å². The molecule has 0 saturated carbocycles. The highest BCUT2D eigenvalue weighted by Crippen LogP contribution is 2.26. The number of ether oxygens (including phenoxy) is 1. The SMILES string of the molecule is CCOC1CCCN(c2ccc(C=O)c(Cl)c2)C1.